The quantitative estimate of drug-likeness (QED) is 0.682. The first-order chi connectivity index (χ1) is 6.59. The number of benzene rings is 1. The van der Waals surface area contributed by atoms with Gasteiger partial charge in [0.15, 0.2) is 0 Å². The van der Waals surface area contributed by atoms with Gasteiger partial charge in [-0.1, -0.05) is 0 Å². The SMILES string of the molecule is CC1Nc2ccc(F)cc2N(C)C1C. The molecule has 2 nitrogen and oxygen atoms in total. The molecule has 3 heteroatoms. The zero-order chi connectivity index (χ0) is 10.3. The molecule has 0 spiro atoms. The van der Waals surface area contributed by atoms with Gasteiger partial charge in [-0.2, -0.15) is 0 Å². The van der Waals surface area contributed by atoms with Crippen molar-refractivity contribution in [1.29, 1.82) is 0 Å². The van der Waals surface area contributed by atoms with Crippen LogP contribution in [0.15, 0.2) is 18.2 Å². The molecule has 1 aromatic rings. The minimum absolute atomic E-state index is 0.181. The first-order valence-electron chi connectivity index (χ1n) is 4.88. The summed E-state index contributed by atoms with van der Waals surface area (Å²) >= 11 is 0. The van der Waals surface area contributed by atoms with Crippen LogP contribution >= 0.6 is 0 Å². The molecule has 76 valence electrons. The number of nitrogens with one attached hydrogen (secondary N) is 1. The van der Waals surface area contributed by atoms with Crippen LogP contribution in [0.25, 0.3) is 0 Å². The fraction of sp³-hybridized carbons (Fsp3) is 0.455. The Bertz CT molecular complexity index is 351. The Hall–Kier alpha value is -1.25. The number of halogens is 1. The summed E-state index contributed by atoms with van der Waals surface area (Å²) in [6.45, 7) is 4.26. The molecule has 14 heavy (non-hydrogen) atoms. The maximum Gasteiger partial charge on any atom is 0.125 e. The van der Waals surface area contributed by atoms with Crippen molar-refractivity contribution in [3.8, 4) is 0 Å². The van der Waals surface area contributed by atoms with E-state index in [0.717, 1.165) is 11.4 Å². The summed E-state index contributed by atoms with van der Waals surface area (Å²) in [4.78, 5) is 2.11. The first kappa shape index (κ1) is 9.31. The highest BCUT2D eigenvalue weighted by atomic mass is 19.1. The van der Waals surface area contributed by atoms with Crippen molar-refractivity contribution in [3.63, 3.8) is 0 Å². The van der Waals surface area contributed by atoms with E-state index in [1.165, 1.54) is 6.07 Å². The largest absolute Gasteiger partial charge is 0.379 e. The van der Waals surface area contributed by atoms with E-state index in [9.17, 15) is 4.39 Å². The molecule has 1 aromatic carbocycles. The summed E-state index contributed by atoms with van der Waals surface area (Å²) in [7, 11) is 2.00. The average Bonchev–Trinajstić information content (AvgIpc) is 2.16. The van der Waals surface area contributed by atoms with E-state index in [2.05, 4.69) is 24.1 Å². The van der Waals surface area contributed by atoms with E-state index in [0.29, 0.717) is 12.1 Å². The molecule has 2 atom stereocenters. The van der Waals surface area contributed by atoms with Crippen molar-refractivity contribution in [2.75, 3.05) is 17.3 Å². The summed E-state index contributed by atoms with van der Waals surface area (Å²) in [6.07, 6.45) is 0. The third-order valence-electron chi connectivity index (χ3n) is 3.06. The predicted molar refractivity (Wildman–Crippen MR) is 57.3 cm³/mol. The molecule has 1 aliphatic rings. The Morgan fingerprint density at radius 1 is 1.36 bits per heavy atom. The number of likely N-dealkylation sites (N-methyl/N-ethyl adjacent to an activating group) is 1. The lowest BCUT2D eigenvalue weighted by Gasteiger charge is -2.39. The minimum atomic E-state index is -0.181. The fourth-order valence-electron chi connectivity index (χ4n) is 1.84. The zero-order valence-corrected chi connectivity index (χ0v) is 8.71. The minimum Gasteiger partial charge on any atom is -0.379 e. The molecule has 0 fully saturated rings. The summed E-state index contributed by atoms with van der Waals surface area (Å²) in [5.74, 6) is -0.181. The van der Waals surface area contributed by atoms with Gasteiger partial charge in [-0.3, -0.25) is 0 Å². The first-order valence-corrected chi connectivity index (χ1v) is 4.88. The summed E-state index contributed by atoms with van der Waals surface area (Å²) in [5.41, 5.74) is 1.95. The van der Waals surface area contributed by atoms with Gasteiger partial charge in [0.25, 0.3) is 0 Å². The van der Waals surface area contributed by atoms with Crippen molar-refractivity contribution in [3.05, 3.63) is 24.0 Å². The van der Waals surface area contributed by atoms with Crippen LogP contribution in [0.4, 0.5) is 15.8 Å². The second kappa shape index (κ2) is 3.15. The maximum absolute atomic E-state index is 13.0. The highest BCUT2D eigenvalue weighted by Gasteiger charge is 2.25. The Labute approximate surface area is 83.7 Å². The van der Waals surface area contributed by atoms with Crippen LogP contribution in [0, 0.1) is 5.82 Å². The molecule has 0 aliphatic carbocycles. The third-order valence-corrected chi connectivity index (χ3v) is 3.06. The lowest BCUT2D eigenvalue weighted by Crippen LogP contribution is -2.45. The number of fused-ring (bicyclic) bond motifs is 1. The van der Waals surface area contributed by atoms with Crippen LogP contribution in [0.5, 0.6) is 0 Å². The second-order valence-electron chi connectivity index (χ2n) is 3.95. The van der Waals surface area contributed by atoms with Crippen molar-refractivity contribution < 1.29 is 4.39 Å². The van der Waals surface area contributed by atoms with Gasteiger partial charge in [0.2, 0.25) is 0 Å². The highest BCUT2D eigenvalue weighted by Crippen LogP contribution is 2.32. The van der Waals surface area contributed by atoms with Crippen molar-refractivity contribution in [2.45, 2.75) is 25.9 Å². The summed E-state index contributed by atoms with van der Waals surface area (Å²) < 4.78 is 13.0. The third kappa shape index (κ3) is 1.33. The number of rotatable bonds is 0. The van der Waals surface area contributed by atoms with Crippen LogP contribution in [-0.2, 0) is 0 Å². The molecule has 0 saturated heterocycles. The smallest absolute Gasteiger partial charge is 0.125 e. The monoisotopic (exact) mass is 194 g/mol. The second-order valence-corrected chi connectivity index (χ2v) is 3.95. The van der Waals surface area contributed by atoms with Gasteiger partial charge in [0, 0.05) is 19.1 Å². The molecule has 0 saturated carbocycles. The number of nitrogens with zero attached hydrogens (tertiary/aromatic N) is 1. The molecular weight excluding hydrogens is 179 g/mol. The molecule has 2 unspecified atom stereocenters. The van der Waals surface area contributed by atoms with Crippen LogP contribution in [0.3, 0.4) is 0 Å². The highest BCUT2D eigenvalue weighted by molar-refractivity contribution is 5.73. The summed E-state index contributed by atoms with van der Waals surface area (Å²) in [5, 5.41) is 3.36. The van der Waals surface area contributed by atoms with Gasteiger partial charge in [-0.25, -0.2) is 4.39 Å². The van der Waals surface area contributed by atoms with E-state index >= 15 is 0 Å². The van der Waals surface area contributed by atoms with E-state index in [1.807, 2.05) is 7.05 Å². The lowest BCUT2D eigenvalue weighted by atomic mass is 10.0. The zero-order valence-electron chi connectivity index (χ0n) is 8.71. The van der Waals surface area contributed by atoms with Crippen molar-refractivity contribution in [2.24, 2.45) is 0 Å². The predicted octanol–water partition coefficient (Wildman–Crippen LogP) is 2.46. The van der Waals surface area contributed by atoms with E-state index in [4.69, 9.17) is 0 Å². The lowest BCUT2D eigenvalue weighted by molar-refractivity contribution is 0.580. The van der Waals surface area contributed by atoms with Gasteiger partial charge in [-0.15, -0.1) is 0 Å². The molecule has 1 aliphatic heterocycles. The van der Waals surface area contributed by atoms with Crippen LogP contribution in [-0.4, -0.2) is 19.1 Å². The van der Waals surface area contributed by atoms with E-state index in [-0.39, 0.29) is 5.82 Å². The maximum atomic E-state index is 13.0. The molecule has 2 rings (SSSR count). The Morgan fingerprint density at radius 2 is 2.07 bits per heavy atom. The van der Waals surface area contributed by atoms with E-state index < -0.39 is 0 Å². The van der Waals surface area contributed by atoms with Crippen molar-refractivity contribution >= 4 is 11.4 Å². The van der Waals surface area contributed by atoms with Gasteiger partial charge in [-0.05, 0) is 32.0 Å². The van der Waals surface area contributed by atoms with Crippen LogP contribution in [0.2, 0.25) is 0 Å². The van der Waals surface area contributed by atoms with Crippen molar-refractivity contribution in [1.82, 2.24) is 0 Å². The normalized spacial score (nSPS) is 25.6. The molecule has 0 aromatic heterocycles. The molecule has 0 bridgehead atoms. The van der Waals surface area contributed by atoms with Gasteiger partial charge in [0.1, 0.15) is 5.82 Å². The molecule has 0 radical (unpaired) electrons. The average molecular weight is 194 g/mol. The summed E-state index contributed by atoms with van der Waals surface area (Å²) in [6, 6.07) is 5.62. The molecule has 1 N–H and O–H groups in total. The van der Waals surface area contributed by atoms with Crippen LogP contribution < -0.4 is 10.2 Å². The fourth-order valence-corrected chi connectivity index (χ4v) is 1.84. The van der Waals surface area contributed by atoms with Gasteiger partial charge < -0.3 is 10.2 Å². The Morgan fingerprint density at radius 3 is 2.79 bits per heavy atom. The Balaban J connectivity index is 2.46. The standard InChI is InChI=1S/C11H15FN2/c1-7-8(2)14(3)11-6-9(12)4-5-10(11)13-7/h4-8,13H,1-3H3. The molecular formula is C11H15FN2. The van der Waals surface area contributed by atoms with Crippen LogP contribution in [0.1, 0.15) is 13.8 Å². The number of hydrogen-bond donors (Lipinski definition) is 1. The van der Waals surface area contributed by atoms with Gasteiger partial charge in [0.05, 0.1) is 11.4 Å². The number of anilines is 2. The Kier molecular flexibility index (Phi) is 2.10. The van der Waals surface area contributed by atoms with Gasteiger partial charge >= 0.3 is 0 Å². The topological polar surface area (TPSA) is 15.3 Å². The molecule has 1 heterocycles. The number of hydrogen-bond acceptors (Lipinski definition) is 2. The molecule has 0 amide bonds. The van der Waals surface area contributed by atoms with E-state index in [1.54, 1.807) is 12.1 Å².